The summed E-state index contributed by atoms with van der Waals surface area (Å²) in [6.45, 7) is 1.68. The van der Waals surface area contributed by atoms with Crippen molar-refractivity contribution >= 4 is 5.69 Å². The summed E-state index contributed by atoms with van der Waals surface area (Å²) in [5, 5.41) is 8.87. The summed E-state index contributed by atoms with van der Waals surface area (Å²) in [6, 6.07) is 6.22. The second-order valence-electron chi connectivity index (χ2n) is 3.89. The molecule has 0 aromatic heterocycles. The predicted molar refractivity (Wildman–Crippen MR) is 60.6 cm³/mol. The van der Waals surface area contributed by atoms with Crippen molar-refractivity contribution in [2.45, 2.75) is 12.8 Å². The van der Waals surface area contributed by atoms with Gasteiger partial charge < -0.3 is 14.7 Å². The van der Waals surface area contributed by atoms with Crippen LogP contribution in [0.25, 0.3) is 0 Å². The summed E-state index contributed by atoms with van der Waals surface area (Å²) < 4.78 is 5.55. The zero-order chi connectivity index (χ0) is 10.7. The molecule has 1 heterocycles. The highest BCUT2D eigenvalue weighted by Gasteiger charge is 2.11. The maximum Gasteiger partial charge on any atom is 0.122 e. The van der Waals surface area contributed by atoms with E-state index in [9.17, 15) is 0 Å². The molecule has 82 valence electrons. The first-order valence-corrected chi connectivity index (χ1v) is 5.39. The Balaban J connectivity index is 2.20. The van der Waals surface area contributed by atoms with Gasteiger partial charge in [0.2, 0.25) is 0 Å². The van der Waals surface area contributed by atoms with Gasteiger partial charge in [0.1, 0.15) is 5.75 Å². The fourth-order valence-corrected chi connectivity index (χ4v) is 1.86. The van der Waals surface area contributed by atoms with Gasteiger partial charge in [-0.15, -0.1) is 0 Å². The highest BCUT2D eigenvalue weighted by molar-refractivity contribution is 5.53. The number of aliphatic hydroxyl groups is 1. The van der Waals surface area contributed by atoms with Gasteiger partial charge in [-0.25, -0.2) is 0 Å². The number of rotatable bonds is 3. The van der Waals surface area contributed by atoms with Crippen LogP contribution in [0.3, 0.4) is 0 Å². The van der Waals surface area contributed by atoms with Gasteiger partial charge in [0.05, 0.1) is 13.2 Å². The van der Waals surface area contributed by atoms with Crippen LogP contribution >= 0.6 is 0 Å². The van der Waals surface area contributed by atoms with Crippen molar-refractivity contribution in [1.29, 1.82) is 0 Å². The highest BCUT2D eigenvalue weighted by atomic mass is 16.5. The Labute approximate surface area is 90.3 Å². The van der Waals surface area contributed by atoms with E-state index in [0.29, 0.717) is 6.54 Å². The number of likely N-dealkylation sites (N-methyl/N-ethyl adjacent to an activating group) is 1. The molecular formula is C12H17NO2. The van der Waals surface area contributed by atoms with E-state index >= 15 is 0 Å². The Kier molecular flexibility index (Phi) is 3.11. The van der Waals surface area contributed by atoms with Gasteiger partial charge in [-0.2, -0.15) is 0 Å². The Morgan fingerprint density at radius 1 is 1.47 bits per heavy atom. The lowest BCUT2D eigenvalue weighted by Crippen LogP contribution is -2.21. The van der Waals surface area contributed by atoms with Crippen LogP contribution in [0, 0.1) is 0 Å². The van der Waals surface area contributed by atoms with Crippen molar-refractivity contribution in [1.82, 2.24) is 0 Å². The van der Waals surface area contributed by atoms with E-state index < -0.39 is 0 Å². The molecule has 0 amide bonds. The van der Waals surface area contributed by atoms with E-state index in [4.69, 9.17) is 9.84 Å². The first kappa shape index (κ1) is 10.3. The molecule has 0 aliphatic carbocycles. The number of fused-ring (bicyclic) bond motifs is 1. The number of aliphatic hydroxyl groups excluding tert-OH is 1. The summed E-state index contributed by atoms with van der Waals surface area (Å²) >= 11 is 0. The van der Waals surface area contributed by atoms with Crippen LogP contribution in [0.4, 0.5) is 5.69 Å². The van der Waals surface area contributed by atoms with Crippen molar-refractivity contribution in [3.8, 4) is 5.75 Å². The molecule has 3 nitrogen and oxygen atoms in total. The zero-order valence-electron chi connectivity index (χ0n) is 9.07. The molecule has 0 atom stereocenters. The largest absolute Gasteiger partial charge is 0.493 e. The summed E-state index contributed by atoms with van der Waals surface area (Å²) in [6.07, 6.45) is 2.19. The molecule has 3 heteroatoms. The molecule has 2 rings (SSSR count). The molecule has 0 bridgehead atoms. The minimum absolute atomic E-state index is 0.185. The summed E-state index contributed by atoms with van der Waals surface area (Å²) in [7, 11) is 1.99. The average Bonchev–Trinajstić information content (AvgIpc) is 2.29. The first-order chi connectivity index (χ1) is 7.31. The van der Waals surface area contributed by atoms with Crippen molar-refractivity contribution in [3.63, 3.8) is 0 Å². The second-order valence-corrected chi connectivity index (χ2v) is 3.89. The summed E-state index contributed by atoms with van der Waals surface area (Å²) in [5.74, 6) is 1.02. The molecular weight excluding hydrogens is 190 g/mol. The van der Waals surface area contributed by atoms with E-state index in [0.717, 1.165) is 30.9 Å². The SMILES string of the molecule is CN(CCO)c1ccc2c(c1)CCCO2. The van der Waals surface area contributed by atoms with E-state index in [1.807, 2.05) is 19.2 Å². The minimum Gasteiger partial charge on any atom is -0.493 e. The van der Waals surface area contributed by atoms with E-state index in [-0.39, 0.29) is 6.61 Å². The summed E-state index contributed by atoms with van der Waals surface area (Å²) in [5.41, 5.74) is 2.43. The van der Waals surface area contributed by atoms with Gasteiger partial charge in [0, 0.05) is 19.3 Å². The lowest BCUT2D eigenvalue weighted by Gasteiger charge is -2.22. The van der Waals surface area contributed by atoms with Crippen molar-refractivity contribution in [2.24, 2.45) is 0 Å². The third-order valence-corrected chi connectivity index (χ3v) is 2.77. The van der Waals surface area contributed by atoms with Gasteiger partial charge in [-0.1, -0.05) is 0 Å². The minimum atomic E-state index is 0.185. The average molecular weight is 207 g/mol. The topological polar surface area (TPSA) is 32.7 Å². The Morgan fingerprint density at radius 3 is 3.13 bits per heavy atom. The smallest absolute Gasteiger partial charge is 0.122 e. The Bertz CT molecular complexity index is 338. The fourth-order valence-electron chi connectivity index (χ4n) is 1.86. The molecule has 1 aliphatic rings. The molecule has 1 N–H and O–H groups in total. The number of benzene rings is 1. The Hall–Kier alpha value is -1.22. The standard InChI is InChI=1S/C12H17NO2/c1-13(6-7-14)11-4-5-12-10(9-11)3-2-8-15-12/h4-5,9,14H,2-3,6-8H2,1H3. The lowest BCUT2D eigenvalue weighted by molar-refractivity contribution is 0.288. The second kappa shape index (κ2) is 4.53. The fraction of sp³-hybridized carbons (Fsp3) is 0.500. The third-order valence-electron chi connectivity index (χ3n) is 2.77. The van der Waals surface area contributed by atoms with Gasteiger partial charge in [0.15, 0.2) is 0 Å². The molecule has 0 radical (unpaired) electrons. The Morgan fingerprint density at radius 2 is 2.33 bits per heavy atom. The van der Waals surface area contributed by atoms with Crippen molar-refractivity contribution < 1.29 is 9.84 Å². The molecule has 0 unspecified atom stereocenters. The van der Waals surface area contributed by atoms with Crippen LogP contribution in [0.5, 0.6) is 5.75 Å². The van der Waals surface area contributed by atoms with Crippen LogP contribution in [-0.2, 0) is 6.42 Å². The maximum absolute atomic E-state index is 8.87. The predicted octanol–water partition coefficient (Wildman–Crippen LogP) is 1.44. The van der Waals surface area contributed by atoms with Gasteiger partial charge in [-0.05, 0) is 36.6 Å². The molecule has 15 heavy (non-hydrogen) atoms. The highest BCUT2D eigenvalue weighted by Crippen LogP contribution is 2.28. The zero-order valence-corrected chi connectivity index (χ0v) is 9.07. The number of ether oxygens (including phenoxy) is 1. The summed E-state index contributed by atoms with van der Waals surface area (Å²) in [4.78, 5) is 2.05. The number of aryl methyl sites for hydroxylation is 1. The van der Waals surface area contributed by atoms with Crippen LogP contribution < -0.4 is 9.64 Å². The number of hydrogen-bond donors (Lipinski definition) is 1. The van der Waals surface area contributed by atoms with Gasteiger partial charge in [-0.3, -0.25) is 0 Å². The normalized spacial score (nSPS) is 14.3. The third kappa shape index (κ3) is 2.23. The molecule has 1 aromatic carbocycles. The number of nitrogens with zero attached hydrogens (tertiary/aromatic N) is 1. The van der Waals surface area contributed by atoms with Gasteiger partial charge >= 0.3 is 0 Å². The van der Waals surface area contributed by atoms with E-state index in [1.165, 1.54) is 5.56 Å². The monoisotopic (exact) mass is 207 g/mol. The van der Waals surface area contributed by atoms with Crippen molar-refractivity contribution in [3.05, 3.63) is 23.8 Å². The molecule has 0 saturated heterocycles. The molecule has 0 spiro atoms. The number of anilines is 1. The van der Waals surface area contributed by atoms with Gasteiger partial charge in [0.25, 0.3) is 0 Å². The quantitative estimate of drug-likeness (QED) is 0.814. The van der Waals surface area contributed by atoms with Crippen LogP contribution in [0.15, 0.2) is 18.2 Å². The molecule has 1 aliphatic heterocycles. The number of hydrogen-bond acceptors (Lipinski definition) is 3. The van der Waals surface area contributed by atoms with E-state index in [2.05, 4.69) is 11.0 Å². The molecule has 0 saturated carbocycles. The van der Waals surface area contributed by atoms with Crippen LogP contribution in [0.1, 0.15) is 12.0 Å². The molecule has 1 aromatic rings. The van der Waals surface area contributed by atoms with Crippen LogP contribution in [-0.4, -0.2) is 31.9 Å². The first-order valence-electron chi connectivity index (χ1n) is 5.39. The van der Waals surface area contributed by atoms with Crippen LogP contribution in [0.2, 0.25) is 0 Å². The molecule has 0 fully saturated rings. The van der Waals surface area contributed by atoms with E-state index in [1.54, 1.807) is 0 Å². The maximum atomic E-state index is 8.87. The van der Waals surface area contributed by atoms with Crippen molar-refractivity contribution in [2.75, 3.05) is 31.7 Å². The lowest BCUT2D eigenvalue weighted by atomic mass is 10.1.